The van der Waals surface area contributed by atoms with E-state index in [1.54, 1.807) is 0 Å². The summed E-state index contributed by atoms with van der Waals surface area (Å²) in [5.74, 6) is 1.97. The predicted octanol–water partition coefficient (Wildman–Crippen LogP) is 0.583. The van der Waals surface area contributed by atoms with Gasteiger partial charge in [-0.25, -0.2) is 13.1 Å². The zero-order valence-corrected chi connectivity index (χ0v) is 11.6. The molecular weight excluding hydrogens is 264 g/mol. The van der Waals surface area contributed by atoms with Gasteiger partial charge in [-0.3, -0.25) is 5.10 Å². The van der Waals surface area contributed by atoms with E-state index in [1.165, 1.54) is 31.9 Å². The van der Waals surface area contributed by atoms with Crippen LogP contribution in [-0.2, 0) is 16.6 Å². The highest BCUT2D eigenvalue weighted by atomic mass is 32.2. The third-order valence-corrected chi connectivity index (χ3v) is 5.57. The molecule has 0 aliphatic heterocycles. The van der Waals surface area contributed by atoms with Crippen LogP contribution in [0.3, 0.4) is 0 Å². The Morgan fingerprint density at radius 1 is 1.37 bits per heavy atom. The molecule has 0 spiro atoms. The third-order valence-electron chi connectivity index (χ3n) is 4.13. The molecule has 7 heteroatoms. The zero-order valence-electron chi connectivity index (χ0n) is 10.8. The molecule has 6 nitrogen and oxygen atoms in total. The van der Waals surface area contributed by atoms with E-state index in [0.717, 1.165) is 11.8 Å². The van der Waals surface area contributed by atoms with Gasteiger partial charge in [-0.1, -0.05) is 0 Å². The van der Waals surface area contributed by atoms with Crippen molar-refractivity contribution in [3.05, 3.63) is 11.8 Å². The van der Waals surface area contributed by atoms with Crippen molar-refractivity contribution in [1.29, 1.82) is 0 Å². The van der Waals surface area contributed by atoms with Crippen LogP contribution in [0.1, 0.15) is 31.2 Å². The lowest BCUT2D eigenvalue weighted by Gasteiger charge is -2.16. The largest absolute Gasteiger partial charge is 0.326 e. The van der Waals surface area contributed by atoms with E-state index in [9.17, 15) is 8.42 Å². The normalized spacial score (nSPS) is 20.1. The monoisotopic (exact) mass is 284 g/mol. The number of rotatable bonds is 7. The molecule has 106 valence electrons. The molecule has 2 fully saturated rings. The Bertz CT molecular complexity index is 534. The van der Waals surface area contributed by atoms with Gasteiger partial charge >= 0.3 is 0 Å². The second-order valence-corrected chi connectivity index (χ2v) is 7.32. The molecule has 2 saturated carbocycles. The van der Waals surface area contributed by atoms with Gasteiger partial charge in [-0.05, 0) is 43.4 Å². The van der Waals surface area contributed by atoms with Crippen LogP contribution >= 0.6 is 0 Å². The van der Waals surface area contributed by atoms with Gasteiger partial charge in [0.25, 0.3) is 10.0 Å². The molecule has 0 amide bonds. The Labute approximate surface area is 113 Å². The van der Waals surface area contributed by atoms with E-state index in [2.05, 4.69) is 14.9 Å². The van der Waals surface area contributed by atoms with Crippen LogP contribution in [0.5, 0.6) is 0 Å². The number of H-pyrrole nitrogens is 1. The van der Waals surface area contributed by atoms with Crippen LogP contribution in [0.15, 0.2) is 11.2 Å². The summed E-state index contributed by atoms with van der Waals surface area (Å²) < 4.78 is 27.2. The summed E-state index contributed by atoms with van der Waals surface area (Å²) in [5, 5.41) is 6.40. The summed E-state index contributed by atoms with van der Waals surface area (Å²) >= 11 is 0. The van der Waals surface area contributed by atoms with E-state index < -0.39 is 10.0 Å². The lowest BCUT2D eigenvalue weighted by Crippen LogP contribution is -2.32. The molecule has 1 heterocycles. The van der Waals surface area contributed by atoms with Crippen molar-refractivity contribution in [1.82, 2.24) is 14.9 Å². The SMILES string of the molecule is NCc1cn[nH]c1S(=O)(=O)NCC(C1CC1)C1CC1. The minimum atomic E-state index is -3.51. The molecule has 3 rings (SSSR count). The number of nitrogens with one attached hydrogen (secondary N) is 2. The van der Waals surface area contributed by atoms with Crippen LogP contribution in [-0.4, -0.2) is 25.2 Å². The fourth-order valence-corrected chi connectivity index (χ4v) is 3.93. The van der Waals surface area contributed by atoms with Crippen molar-refractivity contribution in [3.8, 4) is 0 Å². The van der Waals surface area contributed by atoms with Crippen molar-refractivity contribution >= 4 is 10.0 Å². The minimum absolute atomic E-state index is 0.111. The van der Waals surface area contributed by atoms with E-state index in [4.69, 9.17) is 5.73 Å². The topological polar surface area (TPSA) is 101 Å². The molecule has 0 radical (unpaired) electrons. The summed E-state index contributed by atoms with van der Waals surface area (Å²) in [6.45, 7) is 0.710. The van der Waals surface area contributed by atoms with Crippen LogP contribution < -0.4 is 10.5 Å². The predicted molar refractivity (Wildman–Crippen MR) is 70.6 cm³/mol. The first kappa shape index (κ1) is 13.1. The Morgan fingerprint density at radius 3 is 2.53 bits per heavy atom. The van der Waals surface area contributed by atoms with Gasteiger partial charge in [-0.2, -0.15) is 5.10 Å². The molecule has 1 aromatic rings. The molecule has 1 aromatic heterocycles. The average molecular weight is 284 g/mol. The van der Waals surface area contributed by atoms with Gasteiger partial charge in [0, 0.05) is 18.7 Å². The zero-order chi connectivity index (χ0) is 13.5. The van der Waals surface area contributed by atoms with Crippen molar-refractivity contribution < 1.29 is 8.42 Å². The molecule has 2 aliphatic rings. The van der Waals surface area contributed by atoms with Gasteiger partial charge in [-0.15, -0.1) is 0 Å². The van der Waals surface area contributed by atoms with Gasteiger partial charge in [0.05, 0.1) is 6.20 Å². The Hall–Kier alpha value is -0.920. The summed E-state index contributed by atoms with van der Waals surface area (Å²) in [4.78, 5) is 0. The first-order valence-electron chi connectivity index (χ1n) is 6.84. The lowest BCUT2D eigenvalue weighted by atomic mass is 9.99. The van der Waals surface area contributed by atoms with Crippen LogP contribution in [0, 0.1) is 17.8 Å². The fourth-order valence-electron chi connectivity index (χ4n) is 2.72. The summed E-state index contributed by atoms with van der Waals surface area (Å²) in [5.41, 5.74) is 6.04. The Balaban J connectivity index is 1.67. The molecule has 0 bridgehead atoms. The smallest absolute Gasteiger partial charge is 0.257 e. The second-order valence-electron chi connectivity index (χ2n) is 5.62. The van der Waals surface area contributed by atoms with E-state index in [-0.39, 0.29) is 11.6 Å². The minimum Gasteiger partial charge on any atom is -0.326 e. The van der Waals surface area contributed by atoms with Gasteiger partial charge in [0.2, 0.25) is 0 Å². The maximum atomic E-state index is 12.2. The first-order valence-corrected chi connectivity index (χ1v) is 8.32. The highest BCUT2D eigenvalue weighted by Crippen LogP contribution is 2.48. The van der Waals surface area contributed by atoms with E-state index >= 15 is 0 Å². The molecule has 0 atom stereocenters. The summed E-state index contributed by atoms with van der Waals surface area (Å²) in [7, 11) is -3.51. The Kier molecular flexibility index (Phi) is 3.36. The van der Waals surface area contributed by atoms with Gasteiger partial charge in [0.1, 0.15) is 0 Å². The highest BCUT2D eigenvalue weighted by Gasteiger charge is 2.41. The molecule has 2 aliphatic carbocycles. The molecule has 19 heavy (non-hydrogen) atoms. The lowest BCUT2D eigenvalue weighted by molar-refractivity contribution is 0.401. The molecular formula is C12H20N4O2S. The fraction of sp³-hybridized carbons (Fsp3) is 0.750. The number of aromatic nitrogens is 2. The van der Waals surface area contributed by atoms with E-state index in [0.29, 0.717) is 18.0 Å². The quantitative estimate of drug-likeness (QED) is 0.682. The van der Waals surface area contributed by atoms with E-state index in [1.807, 2.05) is 0 Å². The van der Waals surface area contributed by atoms with Gasteiger partial charge in [0.15, 0.2) is 5.03 Å². The Morgan fingerprint density at radius 2 is 2.00 bits per heavy atom. The van der Waals surface area contributed by atoms with Crippen LogP contribution in [0.4, 0.5) is 0 Å². The highest BCUT2D eigenvalue weighted by molar-refractivity contribution is 7.89. The van der Waals surface area contributed by atoms with Crippen molar-refractivity contribution in [3.63, 3.8) is 0 Å². The third kappa shape index (κ3) is 2.82. The average Bonchev–Trinajstić information content (AvgIpc) is 3.30. The molecule has 4 N–H and O–H groups in total. The summed E-state index contributed by atoms with van der Waals surface area (Å²) in [6.07, 6.45) is 6.47. The maximum Gasteiger partial charge on any atom is 0.257 e. The number of nitrogens with two attached hydrogens (primary N) is 1. The van der Waals surface area contributed by atoms with Gasteiger partial charge < -0.3 is 5.73 Å². The second kappa shape index (κ2) is 4.88. The summed E-state index contributed by atoms with van der Waals surface area (Å²) in [6, 6.07) is 0. The number of aromatic amines is 1. The van der Waals surface area contributed by atoms with Crippen molar-refractivity contribution in [2.45, 2.75) is 37.3 Å². The number of hydrogen-bond acceptors (Lipinski definition) is 4. The number of sulfonamides is 1. The number of nitrogens with zero attached hydrogens (tertiary/aromatic N) is 1. The molecule has 0 unspecified atom stereocenters. The first-order chi connectivity index (χ1) is 9.12. The van der Waals surface area contributed by atoms with Crippen LogP contribution in [0.25, 0.3) is 0 Å². The van der Waals surface area contributed by atoms with Crippen LogP contribution in [0.2, 0.25) is 0 Å². The molecule has 0 saturated heterocycles. The molecule has 0 aromatic carbocycles. The standard InChI is InChI=1S/C12H20N4O2S/c13-5-10-6-14-16-12(10)19(17,18)15-7-11(8-1-2-8)9-3-4-9/h6,8-9,11,15H,1-5,7,13H2,(H,14,16). The van der Waals surface area contributed by atoms with Crippen molar-refractivity contribution in [2.75, 3.05) is 6.54 Å². The maximum absolute atomic E-state index is 12.2. The van der Waals surface area contributed by atoms with Crippen molar-refractivity contribution in [2.24, 2.45) is 23.5 Å². The number of hydrogen-bond donors (Lipinski definition) is 3.